The molecule has 0 radical (unpaired) electrons. The predicted octanol–water partition coefficient (Wildman–Crippen LogP) is 4.63. The van der Waals surface area contributed by atoms with E-state index in [0.29, 0.717) is 29.5 Å². The SMILES string of the molecule is CCCCCn1c(=O)c2ccccc2n2c(SC(C(=O)OCC)c3ccccc3)nnc12. The Hall–Kier alpha value is -3.13. The molecule has 1 unspecified atom stereocenters. The summed E-state index contributed by atoms with van der Waals surface area (Å²) in [6, 6.07) is 16.9. The minimum atomic E-state index is -0.595. The Morgan fingerprint density at radius 1 is 1.03 bits per heavy atom. The van der Waals surface area contributed by atoms with Crippen LogP contribution >= 0.6 is 11.8 Å². The highest BCUT2D eigenvalue weighted by atomic mass is 32.2. The van der Waals surface area contributed by atoms with Gasteiger partial charge in [-0.25, -0.2) is 0 Å². The molecule has 0 N–H and O–H groups in total. The van der Waals surface area contributed by atoms with E-state index in [1.807, 2.05) is 59.0 Å². The molecule has 0 aliphatic rings. The molecular formula is C24H26N4O3S. The van der Waals surface area contributed by atoms with Crippen LogP contribution in [0.1, 0.15) is 43.9 Å². The van der Waals surface area contributed by atoms with Crippen molar-refractivity contribution in [2.75, 3.05) is 6.61 Å². The third-order valence-electron chi connectivity index (χ3n) is 5.29. The Kier molecular flexibility index (Phi) is 6.90. The molecule has 0 saturated heterocycles. The maximum Gasteiger partial charge on any atom is 0.324 e. The van der Waals surface area contributed by atoms with Crippen LogP contribution in [0, 0.1) is 0 Å². The number of hydrogen-bond acceptors (Lipinski definition) is 6. The molecule has 0 aliphatic carbocycles. The second-order valence-electron chi connectivity index (χ2n) is 7.46. The van der Waals surface area contributed by atoms with Crippen molar-refractivity contribution < 1.29 is 9.53 Å². The number of esters is 1. The Morgan fingerprint density at radius 3 is 2.53 bits per heavy atom. The summed E-state index contributed by atoms with van der Waals surface area (Å²) in [7, 11) is 0. The zero-order valence-electron chi connectivity index (χ0n) is 18.2. The summed E-state index contributed by atoms with van der Waals surface area (Å²) in [5.41, 5.74) is 1.48. The van der Waals surface area contributed by atoms with Crippen molar-refractivity contribution in [1.82, 2.24) is 19.2 Å². The van der Waals surface area contributed by atoms with Crippen LogP contribution in [0.4, 0.5) is 0 Å². The largest absolute Gasteiger partial charge is 0.465 e. The summed E-state index contributed by atoms with van der Waals surface area (Å²) in [6.45, 7) is 4.79. The number of aryl methyl sites for hydroxylation is 1. The van der Waals surface area contributed by atoms with Crippen LogP contribution in [-0.2, 0) is 16.1 Å². The predicted molar refractivity (Wildman–Crippen MR) is 126 cm³/mol. The fourth-order valence-corrected chi connectivity index (χ4v) is 4.78. The van der Waals surface area contributed by atoms with Crippen LogP contribution < -0.4 is 5.56 Å². The van der Waals surface area contributed by atoms with Gasteiger partial charge in [-0.2, -0.15) is 0 Å². The van der Waals surface area contributed by atoms with Crippen LogP contribution in [0.5, 0.6) is 0 Å². The van der Waals surface area contributed by atoms with Crippen LogP contribution in [0.3, 0.4) is 0 Å². The Morgan fingerprint density at radius 2 is 1.78 bits per heavy atom. The summed E-state index contributed by atoms with van der Waals surface area (Å²) in [6.07, 6.45) is 2.97. The fraction of sp³-hybridized carbons (Fsp3) is 0.333. The lowest BCUT2D eigenvalue weighted by molar-refractivity contribution is -0.142. The molecule has 4 aromatic rings. The van der Waals surface area contributed by atoms with Crippen LogP contribution in [0.15, 0.2) is 64.5 Å². The standard InChI is InChI=1S/C24H26N4O3S/c1-3-5-11-16-27-21(29)18-14-9-10-15-19(18)28-23(27)25-26-24(28)32-20(22(30)31-4-2)17-12-7-6-8-13-17/h6-10,12-15,20H,3-5,11,16H2,1-2H3. The lowest BCUT2D eigenvalue weighted by atomic mass is 10.1. The number of benzene rings is 2. The highest BCUT2D eigenvalue weighted by Crippen LogP contribution is 2.36. The van der Waals surface area contributed by atoms with Crippen molar-refractivity contribution in [3.8, 4) is 0 Å². The minimum absolute atomic E-state index is 0.0712. The van der Waals surface area contributed by atoms with E-state index in [4.69, 9.17) is 4.74 Å². The first kappa shape index (κ1) is 22.1. The third-order valence-corrected chi connectivity index (χ3v) is 6.47. The molecule has 166 valence electrons. The average molecular weight is 451 g/mol. The summed E-state index contributed by atoms with van der Waals surface area (Å²) in [4.78, 5) is 26.0. The Balaban J connectivity index is 1.85. The van der Waals surface area contributed by atoms with Gasteiger partial charge in [-0.15, -0.1) is 10.2 Å². The lowest BCUT2D eigenvalue weighted by Crippen LogP contribution is -2.23. The fourth-order valence-electron chi connectivity index (χ4n) is 3.73. The zero-order chi connectivity index (χ0) is 22.5. The molecule has 0 amide bonds. The van der Waals surface area contributed by atoms with E-state index in [1.165, 1.54) is 11.8 Å². The van der Waals surface area contributed by atoms with Gasteiger partial charge in [-0.3, -0.25) is 18.6 Å². The van der Waals surface area contributed by atoms with Gasteiger partial charge in [0.25, 0.3) is 5.56 Å². The molecule has 2 heterocycles. The van der Waals surface area contributed by atoms with E-state index in [9.17, 15) is 9.59 Å². The maximum absolute atomic E-state index is 13.2. The molecule has 7 nitrogen and oxygen atoms in total. The first-order valence-corrected chi connectivity index (χ1v) is 11.8. The van der Waals surface area contributed by atoms with Gasteiger partial charge in [0.05, 0.1) is 17.5 Å². The first-order chi connectivity index (χ1) is 15.7. The number of rotatable bonds is 9. The summed E-state index contributed by atoms with van der Waals surface area (Å²) in [5.74, 6) is 0.156. The molecule has 0 spiro atoms. The van der Waals surface area contributed by atoms with Gasteiger partial charge in [0, 0.05) is 6.54 Å². The van der Waals surface area contributed by atoms with E-state index >= 15 is 0 Å². The van der Waals surface area contributed by atoms with Crippen molar-refractivity contribution >= 4 is 34.4 Å². The number of carbonyl (C=O) groups excluding carboxylic acids is 1. The average Bonchev–Trinajstić information content (AvgIpc) is 3.24. The molecule has 0 saturated carbocycles. The van der Waals surface area contributed by atoms with E-state index in [-0.39, 0.29) is 11.5 Å². The molecule has 0 aliphatic heterocycles. The van der Waals surface area contributed by atoms with Gasteiger partial charge in [-0.1, -0.05) is 74.0 Å². The monoisotopic (exact) mass is 450 g/mol. The number of nitrogens with zero attached hydrogens (tertiary/aromatic N) is 4. The molecule has 1 atom stereocenters. The second kappa shape index (κ2) is 9.99. The normalized spacial score (nSPS) is 12.3. The molecule has 32 heavy (non-hydrogen) atoms. The van der Waals surface area contributed by atoms with E-state index in [0.717, 1.165) is 30.3 Å². The van der Waals surface area contributed by atoms with Crippen molar-refractivity contribution in [3.05, 3.63) is 70.5 Å². The quantitative estimate of drug-likeness (QED) is 0.210. The number of para-hydroxylation sites is 1. The Bertz CT molecular complexity index is 1280. The molecule has 2 aromatic heterocycles. The highest BCUT2D eigenvalue weighted by Gasteiger charge is 2.27. The van der Waals surface area contributed by atoms with Gasteiger partial charge in [0.1, 0.15) is 5.25 Å². The van der Waals surface area contributed by atoms with Crippen molar-refractivity contribution in [3.63, 3.8) is 0 Å². The second-order valence-corrected chi connectivity index (χ2v) is 8.53. The van der Waals surface area contributed by atoms with E-state index < -0.39 is 5.25 Å². The van der Waals surface area contributed by atoms with Gasteiger partial charge >= 0.3 is 5.97 Å². The van der Waals surface area contributed by atoms with E-state index in [1.54, 1.807) is 11.5 Å². The molecule has 0 fully saturated rings. The minimum Gasteiger partial charge on any atom is -0.465 e. The molecule has 0 bridgehead atoms. The van der Waals surface area contributed by atoms with Crippen molar-refractivity contribution in [1.29, 1.82) is 0 Å². The smallest absolute Gasteiger partial charge is 0.324 e. The van der Waals surface area contributed by atoms with Crippen molar-refractivity contribution in [2.45, 2.75) is 50.1 Å². The molecular weight excluding hydrogens is 424 g/mol. The number of hydrogen-bond donors (Lipinski definition) is 0. The summed E-state index contributed by atoms with van der Waals surface area (Å²) >= 11 is 1.28. The molecule has 8 heteroatoms. The first-order valence-electron chi connectivity index (χ1n) is 10.9. The zero-order valence-corrected chi connectivity index (χ0v) is 19.0. The lowest BCUT2D eigenvalue weighted by Gasteiger charge is -2.15. The highest BCUT2D eigenvalue weighted by molar-refractivity contribution is 8.00. The number of fused-ring (bicyclic) bond motifs is 3. The molecule has 2 aromatic carbocycles. The third kappa shape index (κ3) is 4.27. The molecule has 4 rings (SSSR count). The van der Waals surface area contributed by atoms with Gasteiger partial charge in [0.2, 0.25) is 5.78 Å². The number of thioether (sulfide) groups is 1. The number of carbonyl (C=O) groups is 1. The van der Waals surface area contributed by atoms with Crippen molar-refractivity contribution in [2.24, 2.45) is 0 Å². The van der Waals surface area contributed by atoms with Crippen LogP contribution in [0.25, 0.3) is 16.7 Å². The maximum atomic E-state index is 13.2. The number of ether oxygens (including phenoxy) is 1. The van der Waals surface area contributed by atoms with Crippen LogP contribution in [0.2, 0.25) is 0 Å². The summed E-state index contributed by atoms with van der Waals surface area (Å²) in [5, 5.41) is 9.31. The number of unbranched alkanes of at least 4 members (excludes halogenated alkanes) is 2. The Labute approximate surface area is 190 Å². The topological polar surface area (TPSA) is 78.5 Å². The van der Waals surface area contributed by atoms with Gasteiger partial charge in [0.15, 0.2) is 5.16 Å². The van der Waals surface area contributed by atoms with Gasteiger partial charge < -0.3 is 4.74 Å². The van der Waals surface area contributed by atoms with E-state index in [2.05, 4.69) is 17.1 Å². The number of aromatic nitrogens is 4. The summed E-state index contributed by atoms with van der Waals surface area (Å²) < 4.78 is 8.91. The van der Waals surface area contributed by atoms with Gasteiger partial charge in [-0.05, 0) is 31.0 Å². The van der Waals surface area contributed by atoms with Crippen LogP contribution in [-0.4, -0.2) is 31.7 Å².